The number of ketones is 1. The molecule has 1 aliphatic heterocycles. The number of aromatic amines is 1. The van der Waals surface area contributed by atoms with Crippen LogP contribution in [-0.2, 0) is 28.4 Å². The van der Waals surface area contributed by atoms with Crippen LogP contribution in [0.4, 0.5) is 0 Å². The zero-order valence-corrected chi connectivity index (χ0v) is 20.1. The maximum atomic E-state index is 13.5. The normalized spacial score (nSPS) is 20.4. The Kier molecular flexibility index (Phi) is 5.12. The van der Waals surface area contributed by atoms with E-state index >= 15 is 0 Å². The minimum Gasteiger partial charge on any atom is -0.357 e. The number of fused-ring (bicyclic) bond motifs is 4. The van der Waals surface area contributed by atoms with Crippen molar-refractivity contribution >= 4 is 21.9 Å². The second-order valence-corrected chi connectivity index (χ2v) is 11.8. The highest BCUT2D eigenvalue weighted by molar-refractivity contribution is 7.88. The molecule has 3 aliphatic rings. The quantitative estimate of drug-likeness (QED) is 0.753. The summed E-state index contributed by atoms with van der Waals surface area (Å²) in [6, 6.07) is 8.35. The number of hydrogen-bond acceptors (Lipinski definition) is 5. The van der Waals surface area contributed by atoms with Crippen LogP contribution in [0.1, 0.15) is 64.3 Å². The van der Waals surface area contributed by atoms with Gasteiger partial charge in [-0.1, -0.05) is 32.0 Å². The van der Waals surface area contributed by atoms with Crippen LogP contribution >= 0.6 is 0 Å². The molecule has 1 aromatic carbocycles. The summed E-state index contributed by atoms with van der Waals surface area (Å²) in [7, 11) is -3.15. The lowest BCUT2D eigenvalue weighted by molar-refractivity contribution is 0.103. The molecule has 0 amide bonds. The molecule has 172 valence electrons. The Balaban J connectivity index is 1.45. The lowest BCUT2D eigenvalue weighted by Gasteiger charge is -2.35. The van der Waals surface area contributed by atoms with Crippen molar-refractivity contribution in [3.63, 3.8) is 0 Å². The Morgan fingerprint density at radius 2 is 1.88 bits per heavy atom. The van der Waals surface area contributed by atoms with E-state index in [9.17, 15) is 18.5 Å². The number of rotatable bonds is 3. The van der Waals surface area contributed by atoms with Crippen molar-refractivity contribution in [3.05, 3.63) is 63.0 Å². The fraction of sp³-hybridized carbons (Fsp3) is 0.440. The number of allylic oxidation sites excluding steroid dienone is 1. The first-order valence-electron chi connectivity index (χ1n) is 11.3. The Morgan fingerprint density at radius 1 is 1.15 bits per heavy atom. The Morgan fingerprint density at radius 3 is 2.55 bits per heavy atom. The molecule has 2 heterocycles. The molecular formula is C25H28N4O3S. The third kappa shape index (κ3) is 3.65. The second-order valence-electron chi connectivity index (χ2n) is 9.82. The zero-order valence-electron chi connectivity index (χ0n) is 19.2. The summed E-state index contributed by atoms with van der Waals surface area (Å²) in [6.45, 7) is 7.39. The van der Waals surface area contributed by atoms with E-state index < -0.39 is 10.0 Å². The molecule has 2 aromatic rings. The molecule has 0 radical (unpaired) electrons. The Hall–Kier alpha value is -2.73. The topological polar surface area (TPSA) is 97.3 Å². The largest absolute Gasteiger partial charge is 0.357 e. The number of carbonyl (C=O) groups excluding carboxylic acids is 1. The predicted molar refractivity (Wildman–Crippen MR) is 126 cm³/mol. The first kappa shape index (κ1) is 22.1. The molecule has 1 fully saturated rings. The summed E-state index contributed by atoms with van der Waals surface area (Å²) in [5, 5.41) is 9.30. The highest BCUT2D eigenvalue weighted by atomic mass is 32.2. The maximum Gasteiger partial charge on any atom is 0.211 e. The third-order valence-corrected chi connectivity index (χ3v) is 8.61. The van der Waals surface area contributed by atoms with E-state index in [0.29, 0.717) is 39.0 Å². The van der Waals surface area contributed by atoms with Gasteiger partial charge in [0.1, 0.15) is 0 Å². The lowest BCUT2D eigenvalue weighted by atomic mass is 9.70. The third-order valence-electron chi connectivity index (χ3n) is 7.30. The van der Waals surface area contributed by atoms with Crippen LogP contribution in [0.3, 0.4) is 0 Å². The van der Waals surface area contributed by atoms with E-state index in [1.165, 1.54) is 10.6 Å². The summed E-state index contributed by atoms with van der Waals surface area (Å²) in [6.07, 6.45) is 4.51. The molecule has 1 aromatic heterocycles. The van der Waals surface area contributed by atoms with Crippen molar-refractivity contribution in [2.24, 2.45) is 0 Å². The minimum atomic E-state index is -3.15. The van der Waals surface area contributed by atoms with Crippen molar-refractivity contribution in [3.8, 4) is 6.07 Å². The Bertz CT molecular complexity index is 1340. The highest BCUT2D eigenvalue weighted by Crippen LogP contribution is 2.44. The van der Waals surface area contributed by atoms with Gasteiger partial charge < -0.3 is 4.98 Å². The molecule has 1 saturated heterocycles. The van der Waals surface area contributed by atoms with Gasteiger partial charge in [-0.15, -0.1) is 0 Å². The molecule has 8 heteroatoms. The average Bonchev–Trinajstić information content (AvgIpc) is 3.17. The van der Waals surface area contributed by atoms with Gasteiger partial charge >= 0.3 is 0 Å². The molecule has 7 nitrogen and oxygen atoms in total. The molecule has 1 N–H and O–H groups in total. The summed E-state index contributed by atoms with van der Waals surface area (Å²) < 4.78 is 25.1. The molecule has 0 bridgehead atoms. The zero-order chi connectivity index (χ0) is 23.5. The van der Waals surface area contributed by atoms with Gasteiger partial charge in [0.2, 0.25) is 10.0 Å². The number of nitrogens with zero attached hydrogens (tertiary/aromatic N) is 3. The van der Waals surface area contributed by atoms with Gasteiger partial charge in [-0.3, -0.25) is 9.69 Å². The van der Waals surface area contributed by atoms with Crippen molar-refractivity contribution < 1.29 is 13.2 Å². The summed E-state index contributed by atoms with van der Waals surface area (Å²) in [5.74, 6) is 0.0546. The van der Waals surface area contributed by atoms with Crippen LogP contribution in [0.2, 0.25) is 0 Å². The van der Waals surface area contributed by atoms with Crippen LogP contribution < -0.4 is 0 Å². The number of nitrogens with one attached hydrogen (secondary N) is 1. The van der Waals surface area contributed by atoms with Gasteiger partial charge in [0.25, 0.3) is 0 Å². The lowest BCUT2D eigenvalue weighted by Crippen LogP contribution is -2.47. The van der Waals surface area contributed by atoms with Gasteiger partial charge in [0, 0.05) is 66.2 Å². The van der Waals surface area contributed by atoms with Gasteiger partial charge in [-0.25, -0.2) is 8.42 Å². The standard InChI is InChI=1S/C25H28N4O3S/c1-25(2)20-12-17(15-28-8-10-29(11-9-28)33(3,31)32)5-6-18(20)23(30)22-19-7-4-16(14-26)13-21(19)27-24(22)25/h5-6,12-13,27H,4,7-11,15H2,1-3H3. The smallest absolute Gasteiger partial charge is 0.211 e. The molecule has 5 rings (SSSR count). The number of hydrogen-bond donors (Lipinski definition) is 1. The van der Waals surface area contributed by atoms with E-state index in [2.05, 4.69) is 35.9 Å². The van der Waals surface area contributed by atoms with Crippen LogP contribution in [0.15, 0.2) is 23.8 Å². The molecule has 33 heavy (non-hydrogen) atoms. The predicted octanol–water partition coefficient (Wildman–Crippen LogP) is 2.82. The summed E-state index contributed by atoms with van der Waals surface area (Å²) >= 11 is 0. The van der Waals surface area contributed by atoms with Crippen LogP contribution in [-0.4, -0.2) is 60.8 Å². The number of sulfonamides is 1. The molecule has 2 aliphatic carbocycles. The van der Waals surface area contributed by atoms with E-state index in [-0.39, 0.29) is 11.2 Å². The van der Waals surface area contributed by atoms with Gasteiger partial charge in [-0.2, -0.15) is 9.57 Å². The number of benzene rings is 1. The van der Waals surface area contributed by atoms with E-state index in [0.717, 1.165) is 51.3 Å². The first-order chi connectivity index (χ1) is 15.6. The van der Waals surface area contributed by atoms with Gasteiger partial charge in [0.05, 0.1) is 12.3 Å². The monoisotopic (exact) mass is 464 g/mol. The van der Waals surface area contributed by atoms with E-state index in [1.807, 2.05) is 18.2 Å². The van der Waals surface area contributed by atoms with Crippen molar-refractivity contribution in [1.82, 2.24) is 14.2 Å². The molecular weight excluding hydrogens is 436 g/mol. The van der Waals surface area contributed by atoms with Crippen molar-refractivity contribution in [2.75, 3.05) is 32.4 Å². The SMILES string of the molecule is CC1(C)c2cc(CN3CCN(S(C)(=O)=O)CC3)ccc2C(=O)c2c1[nH]c1c2CCC(C#N)=C1. The fourth-order valence-electron chi connectivity index (χ4n) is 5.41. The van der Waals surface area contributed by atoms with E-state index in [1.54, 1.807) is 0 Å². The van der Waals surface area contributed by atoms with Crippen molar-refractivity contribution in [2.45, 2.75) is 38.6 Å². The molecule has 0 atom stereocenters. The van der Waals surface area contributed by atoms with Crippen molar-refractivity contribution in [1.29, 1.82) is 5.26 Å². The number of H-pyrrole nitrogens is 1. The number of piperazine rings is 1. The van der Waals surface area contributed by atoms with Crippen LogP contribution in [0.25, 0.3) is 6.08 Å². The van der Waals surface area contributed by atoms with Gasteiger partial charge in [-0.05, 0) is 35.6 Å². The van der Waals surface area contributed by atoms with Crippen LogP contribution in [0, 0.1) is 11.3 Å². The number of carbonyl (C=O) groups is 1. The molecule has 0 saturated carbocycles. The fourth-order valence-corrected chi connectivity index (χ4v) is 6.23. The van der Waals surface area contributed by atoms with Crippen LogP contribution in [0.5, 0.6) is 0 Å². The second kappa shape index (κ2) is 7.66. The maximum absolute atomic E-state index is 13.5. The van der Waals surface area contributed by atoms with E-state index in [4.69, 9.17) is 0 Å². The first-order valence-corrected chi connectivity index (χ1v) is 13.2. The molecule has 0 spiro atoms. The minimum absolute atomic E-state index is 0.0546. The highest BCUT2D eigenvalue weighted by Gasteiger charge is 2.41. The Labute approximate surface area is 194 Å². The van der Waals surface area contributed by atoms with Gasteiger partial charge in [0.15, 0.2) is 5.78 Å². The summed E-state index contributed by atoms with van der Waals surface area (Å²) in [4.78, 5) is 19.3. The molecule has 0 unspecified atom stereocenters. The number of nitriles is 1. The number of aromatic nitrogens is 1. The average molecular weight is 465 g/mol. The summed E-state index contributed by atoms with van der Waals surface area (Å²) in [5.41, 5.74) is 6.87.